The minimum Gasteiger partial charge on any atom is -0.313 e. The van der Waals surface area contributed by atoms with Crippen molar-refractivity contribution in [2.75, 3.05) is 9.80 Å². The third kappa shape index (κ3) is 5.26. The summed E-state index contributed by atoms with van der Waals surface area (Å²) in [7, 11) is 0. The Morgan fingerprint density at radius 1 is 0.321 bits per heavy atom. The van der Waals surface area contributed by atoms with Crippen LogP contribution in [-0.2, 0) is 0 Å². The van der Waals surface area contributed by atoms with Crippen LogP contribution in [0.4, 0.5) is 28.4 Å². The summed E-state index contributed by atoms with van der Waals surface area (Å²) in [5.41, 5.74) is 22.0. The lowest BCUT2D eigenvalue weighted by atomic mass is 9.91. The zero-order valence-corrected chi connectivity index (χ0v) is 30.9. The monoisotopic (exact) mass is 714 g/mol. The second-order valence-electron chi connectivity index (χ2n) is 14.8. The topological polar surface area (TPSA) is 6.48 Å². The number of hydrogen-bond donors (Lipinski definition) is 0. The maximum atomic E-state index is 2.53. The van der Waals surface area contributed by atoms with E-state index in [-0.39, 0.29) is 0 Å². The van der Waals surface area contributed by atoms with Gasteiger partial charge < -0.3 is 9.80 Å². The van der Waals surface area contributed by atoms with Gasteiger partial charge in [-0.1, -0.05) is 158 Å². The van der Waals surface area contributed by atoms with Crippen LogP contribution in [0.5, 0.6) is 0 Å². The lowest BCUT2D eigenvalue weighted by molar-refractivity contribution is 0.923. The van der Waals surface area contributed by atoms with Crippen LogP contribution >= 0.6 is 0 Å². The van der Waals surface area contributed by atoms with Crippen LogP contribution in [0, 0.1) is 0 Å². The van der Waals surface area contributed by atoms with E-state index in [1.807, 2.05) is 0 Å². The number of rotatable bonds is 4. The molecular weight excluding hydrogens is 677 g/mol. The van der Waals surface area contributed by atoms with Crippen molar-refractivity contribution in [2.45, 2.75) is 12.8 Å². The Kier molecular flexibility index (Phi) is 7.67. The molecule has 0 fully saturated rings. The Bertz CT molecular complexity index is 2860. The third-order valence-corrected chi connectivity index (χ3v) is 11.6. The second kappa shape index (κ2) is 13.3. The van der Waals surface area contributed by atoms with Gasteiger partial charge in [-0.2, -0.15) is 0 Å². The molecule has 11 rings (SSSR count). The number of benzene rings is 8. The minimum absolute atomic E-state index is 0.964. The van der Waals surface area contributed by atoms with Crippen molar-refractivity contribution < 1.29 is 0 Å². The molecule has 0 bridgehead atoms. The van der Waals surface area contributed by atoms with E-state index in [1.165, 1.54) is 95.2 Å². The summed E-state index contributed by atoms with van der Waals surface area (Å²) in [5, 5.41) is 0. The molecule has 2 nitrogen and oxygen atoms in total. The predicted octanol–water partition coefficient (Wildman–Crippen LogP) is 15.0. The van der Waals surface area contributed by atoms with Crippen molar-refractivity contribution in [1.82, 2.24) is 0 Å². The average molecular weight is 715 g/mol. The summed E-state index contributed by atoms with van der Waals surface area (Å²) in [4.78, 5) is 4.98. The van der Waals surface area contributed by atoms with Crippen LogP contribution in [-0.4, -0.2) is 0 Å². The molecule has 0 saturated carbocycles. The molecule has 0 N–H and O–H groups in total. The smallest absolute Gasteiger partial charge is 0.0546 e. The van der Waals surface area contributed by atoms with Crippen LogP contribution in [0.3, 0.4) is 0 Å². The first-order valence-corrected chi connectivity index (χ1v) is 19.6. The van der Waals surface area contributed by atoms with Gasteiger partial charge in [0.1, 0.15) is 0 Å². The van der Waals surface area contributed by atoms with E-state index in [0.29, 0.717) is 0 Å². The molecule has 3 aliphatic rings. The molecule has 0 atom stereocenters. The SMILES string of the molecule is C1=C(c2ccccc2)C=C(N2c3ccccc3-c3ccccc3-c3cc(-c4ccc5c(c4)N(c4ccccc4)c4ccccc4-c4ccccc4-5)ccc32)CC1. The minimum atomic E-state index is 0.964. The largest absolute Gasteiger partial charge is 0.313 e. The Balaban J connectivity index is 1.12. The Morgan fingerprint density at radius 3 is 1.46 bits per heavy atom. The quantitative estimate of drug-likeness (QED) is 0.179. The Hall–Kier alpha value is -7.16. The molecule has 8 aromatic carbocycles. The van der Waals surface area contributed by atoms with Crippen LogP contribution in [0.1, 0.15) is 18.4 Å². The van der Waals surface area contributed by atoms with E-state index in [4.69, 9.17) is 0 Å². The highest BCUT2D eigenvalue weighted by Gasteiger charge is 2.29. The first-order chi connectivity index (χ1) is 27.8. The van der Waals surface area contributed by atoms with Crippen LogP contribution in [0.2, 0.25) is 0 Å². The fraction of sp³-hybridized carbons (Fsp3) is 0.0370. The third-order valence-electron chi connectivity index (χ3n) is 11.6. The standard InChI is InChI=1S/C54H38N2/c1-3-16-37(17-4-1)38-18-15-21-42(34-38)56-52-29-14-12-27-48(52)45-24-9-10-25-46(45)50-35-39(31-33-53(50)56)40-30-32-49-44-23-8-7-22-43(44)47-26-11-13-28-51(47)55(54(49)36-40)41-19-5-2-6-20-41/h1-14,16-20,22-36H,15,21H2. The van der Waals surface area contributed by atoms with Gasteiger partial charge in [-0.05, 0) is 106 Å². The van der Waals surface area contributed by atoms with Crippen molar-refractivity contribution >= 4 is 34.0 Å². The molecule has 0 saturated heterocycles. The first-order valence-electron chi connectivity index (χ1n) is 19.6. The second-order valence-corrected chi connectivity index (χ2v) is 14.8. The van der Waals surface area contributed by atoms with Gasteiger partial charge in [0.25, 0.3) is 0 Å². The highest BCUT2D eigenvalue weighted by atomic mass is 15.2. The number of fused-ring (bicyclic) bond motifs is 10. The molecule has 0 aromatic heterocycles. The van der Waals surface area contributed by atoms with Gasteiger partial charge >= 0.3 is 0 Å². The molecule has 0 spiro atoms. The summed E-state index contributed by atoms with van der Waals surface area (Å²) in [6, 6.07) is 71.2. The van der Waals surface area contributed by atoms with Crippen molar-refractivity contribution in [1.29, 1.82) is 0 Å². The van der Waals surface area contributed by atoms with Gasteiger partial charge in [0, 0.05) is 33.6 Å². The van der Waals surface area contributed by atoms with Gasteiger partial charge in [-0.15, -0.1) is 0 Å². The maximum absolute atomic E-state index is 2.53. The molecule has 56 heavy (non-hydrogen) atoms. The highest BCUT2D eigenvalue weighted by molar-refractivity contribution is 6.05. The highest BCUT2D eigenvalue weighted by Crippen LogP contribution is 2.54. The van der Waals surface area contributed by atoms with E-state index < -0.39 is 0 Å². The van der Waals surface area contributed by atoms with Gasteiger partial charge in [-0.25, -0.2) is 0 Å². The lowest BCUT2D eigenvalue weighted by Gasteiger charge is -2.31. The van der Waals surface area contributed by atoms with Crippen molar-refractivity contribution in [3.05, 3.63) is 218 Å². The lowest BCUT2D eigenvalue weighted by Crippen LogP contribution is -2.18. The molecule has 2 heterocycles. The predicted molar refractivity (Wildman–Crippen MR) is 236 cm³/mol. The van der Waals surface area contributed by atoms with Gasteiger partial charge in [0.15, 0.2) is 0 Å². The summed E-state index contributed by atoms with van der Waals surface area (Å²) in [5.74, 6) is 0. The fourth-order valence-corrected chi connectivity index (χ4v) is 9.07. The molecule has 2 aliphatic heterocycles. The molecule has 0 unspecified atom stereocenters. The van der Waals surface area contributed by atoms with E-state index in [9.17, 15) is 0 Å². The van der Waals surface area contributed by atoms with E-state index in [2.05, 4.69) is 216 Å². The maximum Gasteiger partial charge on any atom is 0.0546 e. The average Bonchev–Trinajstić information content (AvgIpc) is 3.48. The molecule has 2 heteroatoms. The van der Waals surface area contributed by atoms with Gasteiger partial charge in [0.05, 0.1) is 22.7 Å². The molecule has 0 amide bonds. The zero-order valence-electron chi connectivity index (χ0n) is 30.9. The molecule has 264 valence electrons. The first kappa shape index (κ1) is 32.3. The number of anilines is 5. The molecule has 8 aromatic rings. The van der Waals surface area contributed by atoms with Gasteiger partial charge in [0.2, 0.25) is 0 Å². The normalized spacial score (nSPS) is 13.7. The summed E-state index contributed by atoms with van der Waals surface area (Å²) in [6.07, 6.45) is 6.75. The molecule has 1 aliphatic carbocycles. The van der Waals surface area contributed by atoms with E-state index in [0.717, 1.165) is 18.5 Å². The van der Waals surface area contributed by atoms with Crippen molar-refractivity contribution in [3.63, 3.8) is 0 Å². The summed E-state index contributed by atoms with van der Waals surface area (Å²) < 4.78 is 0. The van der Waals surface area contributed by atoms with E-state index >= 15 is 0 Å². The summed E-state index contributed by atoms with van der Waals surface area (Å²) >= 11 is 0. The number of nitrogens with zero attached hydrogens (tertiary/aromatic N) is 2. The molecule has 0 radical (unpaired) electrons. The van der Waals surface area contributed by atoms with Gasteiger partial charge in [-0.3, -0.25) is 0 Å². The Labute approximate surface area is 328 Å². The van der Waals surface area contributed by atoms with Crippen molar-refractivity contribution in [2.24, 2.45) is 0 Å². The molecular formula is C54H38N2. The van der Waals surface area contributed by atoms with Crippen LogP contribution < -0.4 is 9.80 Å². The van der Waals surface area contributed by atoms with Crippen molar-refractivity contribution in [3.8, 4) is 55.6 Å². The number of hydrogen-bond acceptors (Lipinski definition) is 2. The number of para-hydroxylation sites is 3. The number of allylic oxidation sites excluding steroid dienone is 4. The summed E-state index contributed by atoms with van der Waals surface area (Å²) in [6.45, 7) is 0. The Morgan fingerprint density at radius 2 is 0.804 bits per heavy atom. The zero-order chi connectivity index (χ0) is 37.0. The van der Waals surface area contributed by atoms with Crippen LogP contribution in [0.25, 0.3) is 61.2 Å². The van der Waals surface area contributed by atoms with E-state index in [1.54, 1.807) is 0 Å². The fourth-order valence-electron chi connectivity index (χ4n) is 9.07. The van der Waals surface area contributed by atoms with Crippen LogP contribution in [0.15, 0.2) is 212 Å².